The zero-order valence-corrected chi connectivity index (χ0v) is 22.5. The third kappa shape index (κ3) is 8.13. The van der Waals surface area contributed by atoms with Crippen LogP contribution in [0.5, 0.6) is 5.75 Å². The van der Waals surface area contributed by atoms with Crippen LogP contribution >= 0.6 is 0 Å². The zero-order valence-electron chi connectivity index (χ0n) is 22.5. The number of hydrogen-bond acceptors (Lipinski definition) is 2. The molecule has 0 amide bonds. The average molecular weight is 474 g/mol. The average Bonchev–Trinajstić information content (AvgIpc) is 2.91. The maximum atomic E-state index is 10.1. The molecule has 1 atom stereocenters. The lowest BCUT2D eigenvalue weighted by molar-refractivity contribution is 0.241. The quantitative estimate of drug-likeness (QED) is 0.256. The molecule has 190 valence electrons. The fraction of sp³-hybridized carbons (Fsp3) is 0.606. The summed E-state index contributed by atoms with van der Waals surface area (Å²) >= 11 is 0. The minimum absolute atomic E-state index is 0.307. The van der Waals surface area contributed by atoms with E-state index in [0.717, 1.165) is 43.5 Å². The first-order valence-corrected chi connectivity index (χ1v) is 14.3. The molecule has 0 aromatic heterocycles. The number of nitrogens with zero attached hydrogens (tertiary/aromatic N) is 1. The Bertz CT molecular complexity index is 884. The third-order valence-corrected chi connectivity index (χ3v) is 8.25. The van der Waals surface area contributed by atoms with Crippen LogP contribution in [0, 0.1) is 23.2 Å². The molecule has 1 aliphatic carbocycles. The first kappa shape index (κ1) is 27.3. The van der Waals surface area contributed by atoms with Crippen molar-refractivity contribution in [2.45, 2.75) is 110 Å². The van der Waals surface area contributed by atoms with Crippen LogP contribution in [0.4, 0.5) is 0 Å². The fourth-order valence-electron chi connectivity index (χ4n) is 5.58. The van der Waals surface area contributed by atoms with Crippen molar-refractivity contribution in [2.75, 3.05) is 6.61 Å². The van der Waals surface area contributed by atoms with Crippen molar-refractivity contribution in [1.29, 1.82) is 5.26 Å². The monoisotopic (exact) mass is 473 g/mol. The van der Waals surface area contributed by atoms with Gasteiger partial charge in [0.25, 0.3) is 0 Å². The van der Waals surface area contributed by atoms with E-state index in [0.29, 0.717) is 0 Å². The van der Waals surface area contributed by atoms with Crippen molar-refractivity contribution < 1.29 is 4.74 Å². The lowest BCUT2D eigenvalue weighted by Crippen LogP contribution is -2.30. The highest BCUT2D eigenvalue weighted by Crippen LogP contribution is 2.43. The van der Waals surface area contributed by atoms with Gasteiger partial charge >= 0.3 is 0 Å². The molecular weight excluding hydrogens is 426 g/mol. The van der Waals surface area contributed by atoms with Crippen LogP contribution < -0.4 is 4.74 Å². The molecule has 0 bridgehead atoms. The van der Waals surface area contributed by atoms with Crippen LogP contribution in [0.15, 0.2) is 48.5 Å². The fourth-order valence-corrected chi connectivity index (χ4v) is 5.58. The summed E-state index contributed by atoms with van der Waals surface area (Å²) in [6, 6.07) is 19.9. The molecule has 2 aromatic carbocycles. The number of benzene rings is 2. The lowest BCUT2D eigenvalue weighted by atomic mass is 9.66. The number of ether oxygens (including phenoxy) is 1. The Morgan fingerprint density at radius 1 is 0.857 bits per heavy atom. The van der Waals surface area contributed by atoms with Gasteiger partial charge in [0.1, 0.15) is 5.75 Å². The van der Waals surface area contributed by atoms with Gasteiger partial charge in [0, 0.05) is 0 Å². The smallest absolute Gasteiger partial charge is 0.119 e. The maximum Gasteiger partial charge on any atom is 0.119 e. The molecule has 0 saturated heterocycles. The van der Waals surface area contributed by atoms with Crippen molar-refractivity contribution in [3.8, 4) is 22.9 Å². The Morgan fingerprint density at radius 2 is 1.43 bits per heavy atom. The van der Waals surface area contributed by atoms with Gasteiger partial charge in [-0.2, -0.15) is 5.26 Å². The van der Waals surface area contributed by atoms with E-state index < -0.39 is 0 Å². The van der Waals surface area contributed by atoms with Gasteiger partial charge in [-0.05, 0) is 79.2 Å². The van der Waals surface area contributed by atoms with E-state index in [1.165, 1.54) is 80.9 Å². The summed E-state index contributed by atoms with van der Waals surface area (Å²) in [6.07, 6.45) is 16.0. The molecule has 1 fully saturated rings. The molecule has 1 saturated carbocycles. The van der Waals surface area contributed by atoms with Crippen molar-refractivity contribution in [3.05, 3.63) is 54.1 Å². The van der Waals surface area contributed by atoms with Gasteiger partial charge in [0.15, 0.2) is 0 Å². The predicted octanol–water partition coefficient (Wildman–Crippen LogP) is 9.87. The Morgan fingerprint density at radius 3 is 2.00 bits per heavy atom. The molecule has 2 aromatic rings. The standard InChI is InChI=1S/C33H47NO/c1-4-6-7-8-9-10-11-24-35-32-18-14-30(15-19-32)29-12-16-31(17-13-29)33(26-34)22-20-28(21-23-33)25-27(3)5-2/h12-19,27-28H,4-11,20-25H2,1-3H3. The molecule has 0 radical (unpaired) electrons. The summed E-state index contributed by atoms with van der Waals surface area (Å²) in [6.45, 7) is 7.71. The highest BCUT2D eigenvalue weighted by atomic mass is 16.5. The number of hydrogen-bond donors (Lipinski definition) is 0. The molecule has 2 nitrogen and oxygen atoms in total. The summed E-state index contributed by atoms with van der Waals surface area (Å²) in [4.78, 5) is 0. The first-order valence-electron chi connectivity index (χ1n) is 14.3. The largest absolute Gasteiger partial charge is 0.494 e. The second kappa shape index (κ2) is 14.3. The van der Waals surface area contributed by atoms with Gasteiger partial charge in [-0.15, -0.1) is 0 Å². The van der Waals surface area contributed by atoms with Crippen LogP contribution in [0.25, 0.3) is 11.1 Å². The molecule has 35 heavy (non-hydrogen) atoms. The highest BCUT2D eigenvalue weighted by Gasteiger charge is 2.37. The van der Waals surface area contributed by atoms with Gasteiger partial charge in [0.2, 0.25) is 0 Å². The Labute approximate surface area is 215 Å². The van der Waals surface area contributed by atoms with E-state index in [1.54, 1.807) is 0 Å². The number of nitriles is 1. The third-order valence-electron chi connectivity index (χ3n) is 8.25. The summed E-state index contributed by atoms with van der Waals surface area (Å²) in [5, 5.41) is 10.1. The Kier molecular flexibility index (Phi) is 11.2. The highest BCUT2D eigenvalue weighted by molar-refractivity contribution is 5.65. The summed E-state index contributed by atoms with van der Waals surface area (Å²) < 4.78 is 5.95. The van der Waals surface area contributed by atoms with Crippen molar-refractivity contribution >= 4 is 0 Å². The Balaban J connectivity index is 1.49. The summed E-state index contributed by atoms with van der Waals surface area (Å²) in [7, 11) is 0. The molecule has 1 aliphatic rings. The molecule has 0 spiro atoms. The van der Waals surface area contributed by atoms with E-state index in [4.69, 9.17) is 4.74 Å². The minimum Gasteiger partial charge on any atom is -0.494 e. The van der Waals surface area contributed by atoms with Crippen LogP contribution in [-0.2, 0) is 5.41 Å². The van der Waals surface area contributed by atoms with Crippen LogP contribution in [0.1, 0.15) is 110 Å². The summed E-state index contributed by atoms with van der Waals surface area (Å²) in [5.74, 6) is 2.54. The van der Waals surface area contributed by atoms with E-state index in [9.17, 15) is 5.26 Å². The van der Waals surface area contributed by atoms with Crippen LogP contribution in [-0.4, -0.2) is 6.61 Å². The topological polar surface area (TPSA) is 33.0 Å². The van der Waals surface area contributed by atoms with Gasteiger partial charge < -0.3 is 4.74 Å². The first-order chi connectivity index (χ1) is 17.1. The normalized spacial score (nSPS) is 20.8. The van der Waals surface area contributed by atoms with Gasteiger partial charge in [0.05, 0.1) is 18.1 Å². The molecule has 3 rings (SSSR count). The second-order valence-corrected chi connectivity index (χ2v) is 11.0. The maximum absolute atomic E-state index is 10.1. The van der Waals surface area contributed by atoms with Gasteiger partial charge in [-0.3, -0.25) is 0 Å². The minimum atomic E-state index is -0.307. The Hall–Kier alpha value is -2.27. The molecule has 1 unspecified atom stereocenters. The van der Waals surface area contributed by atoms with E-state index in [2.05, 4.69) is 75.4 Å². The SMILES string of the molecule is CCCCCCCCCOc1ccc(-c2ccc(C3(C#N)CCC(CC(C)CC)CC3)cc2)cc1. The van der Waals surface area contributed by atoms with E-state index >= 15 is 0 Å². The van der Waals surface area contributed by atoms with E-state index in [1.807, 2.05) is 0 Å². The molecule has 0 N–H and O–H groups in total. The number of rotatable bonds is 14. The van der Waals surface area contributed by atoms with Crippen molar-refractivity contribution in [3.63, 3.8) is 0 Å². The van der Waals surface area contributed by atoms with Crippen LogP contribution in [0.2, 0.25) is 0 Å². The van der Waals surface area contributed by atoms with E-state index in [-0.39, 0.29) is 5.41 Å². The summed E-state index contributed by atoms with van der Waals surface area (Å²) in [5.41, 5.74) is 3.28. The van der Waals surface area contributed by atoms with Gasteiger partial charge in [-0.25, -0.2) is 0 Å². The molecule has 2 heteroatoms. The van der Waals surface area contributed by atoms with Gasteiger partial charge in [-0.1, -0.05) is 102 Å². The van der Waals surface area contributed by atoms with Crippen LogP contribution in [0.3, 0.4) is 0 Å². The second-order valence-electron chi connectivity index (χ2n) is 11.0. The lowest BCUT2D eigenvalue weighted by Gasteiger charge is -2.36. The number of unbranched alkanes of at least 4 members (excludes halogenated alkanes) is 6. The van der Waals surface area contributed by atoms with Crippen molar-refractivity contribution in [1.82, 2.24) is 0 Å². The molecular formula is C33H47NO. The predicted molar refractivity (Wildman–Crippen MR) is 149 cm³/mol. The molecule has 0 aliphatic heterocycles. The molecule has 0 heterocycles. The zero-order chi connectivity index (χ0) is 24.9. The van der Waals surface area contributed by atoms with Crippen molar-refractivity contribution in [2.24, 2.45) is 11.8 Å².